The SMILES string of the molecule is COCCNCCCCc1ccc(Cl)cc1. The lowest BCUT2D eigenvalue weighted by atomic mass is 10.1. The van der Waals surface area contributed by atoms with Gasteiger partial charge in [0.2, 0.25) is 0 Å². The van der Waals surface area contributed by atoms with Gasteiger partial charge in [-0.15, -0.1) is 0 Å². The summed E-state index contributed by atoms with van der Waals surface area (Å²) in [6.45, 7) is 2.80. The van der Waals surface area contributed by atoms with Gasteiger partial charge in [0.25, 0.3) is 0 Å². The van der Waals surface area contributed by atoms with Crippen LogP contribution in [0.2, 0.25) is 5.02 Å². The molecule has 90 valence electrons. The molecule has 0 heterocycles. The molecule has 0 unspecified atom stereocenters. The molecular formula is C13H20ClNO. The maximum atomic E-state index is 5.82. The maximum absolute atomic E-state index is 5.82. The van der Waals surface area contributed by atoms with E-state index in [1.165, 1.54) is 18.4 Å². The molecule has 1 aromatic carbocycles. The number of halogens is 1. The number of methoxy groups -OCH3 is 1. The van der Waals surface area contributed by atoms with Gasteiger partial charge in [-0.1, -0.05) is 23.7 Å². The summed E-state index contributed by atoms with van der Waals surface area (Å²) < 4.78 is 4.95. The van der Waals surface area contributed by atoms with Gasteiger partial charge in [0.15, 0.2) is 0 Å². The first-order chi connectivity index (χ1) is 7.83. The van der Waals surface area contributed by atoms with Gasteiger partial charge in [-0.3, -0.25) is 0 Å². The molecule has 2 nitrogen and oxygen atoms in total. The summed E-state index contributed by atoms with van der Waals surface area (Å²) in [5, 5.41) is 4.15. The lowest BCUT2D eigenvalue weighted by molar-refractivity contribution is 0.199. The average molecular weight is 242 g/mol. The lowest BCUT2D eigenvalue weighted by Gasteiger charge is -2.04. The molecule has 0 saturated carbocycles. The van der Waals surface area contributed by atoms with Crippen molar-refractivity contribution in [2.75, 3.05) is 26.8 Å². The van der Waals surface area contributed by atoms with E-state index in [0.717, 1.165) is 31.1 Å². The van der Waals surface area contributed by atoms with Crippen LogP contribution in [0, 0.1) is 0 Å². The summed E-state index contributed by atoms with van der Waals surface area (Å²) in [7, 11) is 1.72. The predicted molar refractivity (Wildman–Crippen MR) is 69.1 cm³/mol. The molecule has 0 aliphatic carbocycles. The molecule has 0 fully saturated rings. The second-order valence-electron chi connectivity index (χ2n) is 3.83. The first kappa shape index (κ1) is 13.5. The zero-order valence-corrected chi connectivity index (χ0v) is 10.6. The summed E-state index contributed by atoms with van der Waals surface area (Å²) in [5.41, 5.74) is 1.36. The van der Waals surface area contributed by atoms with Crippen molar-refractivity contribution in [3.63, 3.8) is 0 Å². The van der Waals surface area contributed by atoms with Crippen LogP contribution >= 0.6 is 11.6 Å². The minimum Gasteiger partial charge on any atom is -0.383 e. The van der Waals surface area contributed by atoms with Gasteiger partial charge in [0.1, 0.15) is 0 Å². The molecule has 0 radical (unpaired) electrons. The highest BCUT2D eigenvalue weighted by atomic mass is 35.5. The number of nitrogens with one attached hydrogen (secondary N) is 1. The van der Waals surface area contributed by atoms with Crippen molar-refractivity contribution in [3.05, 3.63) is 34.9 Å². The fraction of sp³-hybridized carbons (Fsp3) is 0.538. The topological polar surface area (TPSA) is 21.3 Å². The Bertz CT molecular complexity index is 274. The quantitative estimate of drug-likeness (QED) is 0.707. The van der Waals surface area contributed by atoms with Crippen LogP contribution in [0.15, 0.2) is 24.3 Å². The number of rotatable bonds is 8. The Labute approximate surface area is 103 Å². The van der Waals surface area contributed by atoms with Crippen molar-refractivity contribution >= 4 is 11.6 Å². The van der Waals surface area contributed by atoms with Crippen LogP contribution < -0.4 is 5.32 Å². The Morgan fingerprint density at radius 2 is 1.88 bits per heavy atom. The molecular weight excluding hydrogens is 222 g/mol. The van der Waals surface area contributed by atoms with Gasteiger partial charge in [-0.05, 0) is 43.5 Å². The molecule has 3 heteroatoms. The van der Waals surface area contributed by atoms with E-state index in [1.807, 2.05) is 12.1 Å². The van der Waals surface area contributed by atoms with Crippen molar-refractivity contribution < 1.29 is 4.74 Å². The van der Waals surface area contributed by atoms with Gasteiger partial charge in [0.05, 0.1) is 6.61 Å². The standard InChI is InChI=1S/C13H20ClNO/c1-16-11-10-15-9-3-2-4-12-5-7-13(14)8-6-12/h5-8,15H,2-4,9-11H2,1H3. The van der Waals surface area contributed by atoms with Crippen LogP contribution in [-0.4, -0.2) is 26.8 Å². The number of benzene rings is 1. The monoisotopic (exact) mass is 241 g/mol. The van der Waals surface area contributed by atoms with Crippen LogP contribution in [0.25, 0.3) is 0 Å². The van der Waals surface area contributed by atoms with Gasteiger partial charge in [0, 0.05) is 18.7 Å². The van der Waals surface area contributed by atoms with Crippen LogP contribution in [0.5, 0.6) is 0 Å². The Hall–Kier alpha value is -0.570. The van der Waals surface area contributed by atoms with E-state index in [-0.39, 0.29) is 0 Å². The molecule has 0 aliphatic rings. The van der Waals surface area contributed by atoms with Gasteiger partial charge < -0.3 is 10.1 Å². The molecule has 0 spiro atoms. The van der Waals surface area contributed by atoms with Crippen LogP contribution in [0.1, 0.15) is 18.4 Å². The number of unbranched alkanes of at least 4 members (excludes halogenated alkanes) is 1. The van der Waals surface area contributed by atoms with Crippen LogP contribution in [0.3, 0.4) is 0 Å². The average Bonchev–Trinajstić information content (AvgIpc) is 2.30. The highest BCUT2D eigenvalue weighted by Crippen LogP contribution is 2.11. The van der Waals surface area contributed by atoms with Gasteiger partial charge in [-0.25, -0.2) is 0 Å². The lowest BCUT2D eigenvalue weighted by Crippen LogP contribution is -2.20. The molecule has 1 aromatic rings. The van der Waals surface area contributed by atoms with Gasteiger partial charge in [-0.2, -0.15) is 0 Å². The van der Waals surface area contributed by atoms with Crippen LogP contribution in [-0.2, 0) is 11.2 Å². The molecule has 0 aliphatic heterocycles. The minimum atomic E-state index is 0.789. The molecule has 16 heavy (non-hydrogen) atoms. The third-order valence-electron chi connectivity index (χ3n) is 2.47. The van der Waals surface area contributed by atoms with Crippen molar-refractivity contribution in [3.8, 4) is 0 Å². The van der Waals surface area contributed by atoms with Crippen LogP contribution in [0.4, 0.5) is 0 Å². The van der Waals surface area contributed by atoms with E-state index in [2.05, 4.69) is 17.4 Å². The fourth-order valence-electron chi connectivity index (χ4n) is 1.53. The third-order valence-corrected chi connectivity index (χ3v) is 2.72. The minimum absolute atomic E-state index is 0.789. The van der Waals surface area contributed by atoms with E-state index in [0.29, 0.717) is 0 Å². The third kappa shape index (κ3) is 6.11. The predicted octanol–water partition coefficient (Wildman–Crippen LogP) is 2.90. The highest BCUT2D eigenvalue weighted by molar-refractivity contribution is 6.30. The molecule has 1 rings (SSSR count). The summed E-state index contributed by atoms with van der Waals surface area (Å²) in [6.07, 6.45) is 3.54. The van der Waals surface area contributed by atoms with Crippen molar-refractivity contribution in [2.24, 2.45) is 0 Å². The second kappa shape index (κ2) is 8.57. The Morgan fingerprint density at radius 3 is 2.56 bits per heavy atom. The van der Waals surface area contributed by atoms with E-state index in [9.17, 15) is 0 Å². The first-order valence-corrected chi connectivity index (χ1v) is 6.15. The van der Waals surface area contributed by atoms with Crippen molar-refractivity contribution in [1.29, 1.82) is 0 Å². The normalized spacial score (nSPS) is 10.6. The summed E-state index contributed by atoms with van der Waals surface area (Å²) >= 11 is 5.82. The van der Waals surface area contributed by atoms with E-state index in [1.54, 1.807) is 7.11 Å². The molecule has 0 amide bonds. The zero-order chi connectivity index (χ0) is 11.6. The van der Waals surface area contributed by atoms with Gasteiger partial charge >= 0.3 is 0 Å². The number of hydrogen-bond donors (Lipinski definition) is 1. The molecule has 1 N–H and O–H groups in total. The molecule has 0 bridgehead atoms. The summed E-state index contributed by atoms with van der Waals surface area (Å²) in [6, 6.07) is 8.10. The number of hydrogen-bond acceptors (Lipinski definition) is 2. The highest BCUT2D eigenvalue weighted by Gasteiger charge is 1.94. The number of aryl methyl sites for hydroxylation is 1. The second-order valence-corrected chi connectivity index (χ2v) is 4.26. The van der Waals surface area contributed by atoms with Crippen molar-refractivity contribution in [1.82, 2.24) is 5.32 Å². The molecule has 0 saturated heterocycles. The van der Waals surface area contributed by atoms with E-state index in [4.69, 9.17) is 16.3 Å². The maximum Gasteiger partial charge on any atom is 0.0587 e. The summed E-state index contributed by atoms with van der Waals surface area (Å²) in [5.74, 6) is 0. The zero-order valence-electron chi connectivity index (χ0n) is 9.84. The first-order valence-electron chi connectivity index (χ1n) is 5.77. The Kier molecular flexibility index (Phi) is 7.23. The van der Waals surface area contributed by atoms with E-state index < -0.39 is 0 Å². The fourth-order valence-corrected chi connectivity index (χ4v) is 1.66. The summed E-state index contributed by atoms with van der Waals surface area (Å²) in [4.78, 5) is 0. The Morgan fingerprint density at radius 1 is 1.12 bits per heavy atom. The van der Waals surface area contributed by atoms with Crippen molar-refractivity contribution in [2.45, 2.75) is 19.3 Å². The smallest absolute Gasteiger partial charge is 0.0587 e. The molecule has 0 aromatic heterocycles. The number of ether oxygens (including phenoxy) is 1. The van der Waals surface area contributed by atoms with E-state index >= 15 is 0 Å². The molecule has 0 atom stereocenters. The largest absolute Gasteiger partial charge is 0.383 e. The Balaban J connectivity index is 2.01.